The average molecular weight is 325 g/mol. The van der Waals surface area contributed by atoms with Crippen LogP contribution in [0.15, 0.2) is 45.8 Å². The van der Waals surface area contributed by atoms with Crippen LogP contribution in [0, 0.1) is 16.7 Å². The Hall–Kier alpha value is -1.55. The molecule has 4 rings (SSSR count). The lowest BCUT2D eigenvalue weighted by Crippen LogP contribution is -2.33. The summed E-state index contributed by atoms with van der Waals surface area (Å²) >= 11 is 1.62. The maximum absolute atomic E-state index is 4.94. The molecule has 1 N–H and O–H groups in total. The van der Waals surface area contributed by atoms with Crippen molar-refractivity contribution in [3.05, 3.63) is 41.3 Å². The molecule has 0 amide bonds. The number of hydrazone groups is 1. The fraction of sp³-hybridized carbons (Fsp3) is 0.474. The van der Waals surface area contributed by atoms with E-state index in [9.17, 15) is 0 Å². The van der Waals surface area contributed by atoms with Gasteiger partial charge >= 0.3 is 0 Å². The monoisotopic (exact) mass is 325 g/mol. The minimum Gasteiger partial charge on any atom is -0.275 e. The van der Waals surface area contributed by atoms with Gasteiger partial charge in [-0.2, -0.15) is 0 Å². The zero-order valence-electron chi connectivity index (χ0n) is 14.0. The van der Waals surface area contributed by atoms with Crippen molar-refractivity contribution in [1.29, 1.82) is 0 Å². The van der Waals surface area contributed by atoms with Gasteiger partial charge in [-0.25, -0.2) is 4.99 Å². The quantitative estimate of drug-likeness (QED) is 0.799. The highest BCUT2D eigenvalue weighted by atomic mass is 32.2. The summed E-state index contributed by atoms with van der Waals surface area (Å²) in [5.41, 5.74) is 7.31. The van der Waals surface area contributed by atoms with Crippen molar-refractivity contribution in [3.63, 3.8) is 0 Å². The number of hydrogen-bond acceptors (Lipinski definition) is 4. The Kier molecular flexibility index (Phi) is 3.41. The van der Waals surface area contributed by atoms with Gasteiger partial charge in [-0.1, -0.05) is 62.9 Å². The van der Waals surface area contributed by atoms with E-state index >= 15 is 0 Å². The number of hydrogen-bond donors (Lipinski definition) is 1. The molecule has 2 atom stereocenters. The summed E-state index contributed by atoms with van der Waals surface area (Å²) in [6, 6.07) is 10.3. The molecular weight excluding hydrogens is 302 g/mol. The first kappa shape index (κ1) is 15.0. The van der Waals surface area contributed by atoms with E-state index in [2.05, 4.69) is 48.8 Å². The maximum Gasteiger partial charge on any atom is 0.210 e. The van der Waals surface area contributed by atoms with Crippen LogP contribution >= 0.6 is 11.8 Å². The molecule has 0 unspecified atom stereocenters. The Morgan fingerprint density at radius 2 is 2.00 bits per heavy atom. The molecule has 2 aliphatic carbocycles. The van der Waals surface area contributed by atoms with Gasteiger partial charge in [0.2, 0.25) is 5.17 Å². The fourth-order valence-electron chi connectivity index (χ4n) is 4.29. The summed E-state index contributed by atoms with van der Waals surface area (Å²) in [4.78, 5) is 4.94. The van der Waals surface area contributed by atoms with Gasteiger partial charge in [0.1, 0.15) is 0 Å². The molecule has 120 valence electrons. The van der Waals surface area contributed by atoms with E-state index in [1.165, 1.54) is 18.6 Å². The molecule has 1 heterocycles. The summed E-state index contributed by atoms with van der Waals surface area (Å²) in [5.74, 6) is 0.781. The van der Waals surface area contributed by atoms with Crippen LogP contribution in [0.3, 0.4) is 0 Å². The van der Waals surface area contributed by atoms with Gasteiger partial charge < -0.3 is 0 Å². The highest BCUT2D eigenvalue weighted by molar-refractivity contribution is 8.16. The second-order valence-electron chi connectivity index (χ2n) is 7.57. The van der Waals surface area contributed by atoms with Crippen molar-refractivity contribution < 1.29 is 0 Å². The third kappa shape index (κ3) is 2.26. The first-order valence-corrected chi connectivity index (χ1v) is 9.23. The van der Waals surface area contributed by atoms with Crippen LogP contribution in [0.1, 0.15) is 45.6 Å². The van der Waals surface area contributed by atoms with Crippen LogP contribution in [-0.2, 0) is 0 Å². The molecule has 3 nitrogen and oxygen atoms in total. The van der Waals surface area contributed by atoms with E-state index in [1.807, 2.05) is 18.2 Å². The van der Waals surface area contributed by atoms with Crippen molar-refractivity contribution in [2.45, 2.75) is 40.0 Å². The molecule has 4 heteroatoms. The van der Waals surface area contributed by atoms with Gasteiger partial charge in [-0.15, -0.1) is 5.10 Å². The summed E-state index contributed by atoms with van der Waals surface area (Å²) in [6.07, 6.45) is 3.75. The molecule has 23 heavy (non-hydrogen) atoms. The Balaban J connectivity index is 1.53. The fourth-order valence-corrected chi connectivity index (χ4v) is 4.96. The van der Waals surface area contributed by atoms with E-state index in [0.717, 1.165) is 28.8 Å². The molecule has 0 radical (unpaired) electrons. The number of thioether (sulfide) groups is 1. The lowest BCUT2D eigenvalue weighted by Gasteiger charge is -2.34. The summed E-state index contributed by atoms with van der Waals surface area (Å²) in [6.45, 7) is 7.22. The van der Waals surface area contributed by atoms with Gasteiger partial charge in [-0.05, 0) is 30.6 Å². The van der Waals surface area contributed by atoms with E-state index in [1.54, 1.807) is 11.8 Å². The zero-order chi connectivity index (χ0) is 16.1. The summed E-state index contributed by atoms with van der Waals surface area (Å²) < 4.78 is 0. The molecule has 0 saturated heterocycles. The van der Waals surface area contributed by atoms with Gasteiger partial charge in [-0.3, -0.25) is 5.43 Å². The van der Waals surface area contributed by atoms with Crippen molar-refractivity contribution in [2.75, 3.05) is 0 Å². The third-order valence-electron chi connectivity index (χ3n) is 6.38. The zero-order valence-corrected chi connectivity index (χ0v) is 14.8. The summed E-state index contributed by atoms with van der Waals surface area (Å²) in [5, 5.41) is 7.44. The van der Waals surface area contributed by atoms with Crippen LogP contribution in [-0.4, -0.2) is 10.9 Å². The molecule has 1 aliphatic heterocycles. The Labute approximate surface area is 142 Å². The molecule has 2 saturated carbocycles. The lowest BCUT2D eigenvalue weighted by atomic mass is 9.70. The van der Waals surface area contributed by atoms with Crippen LogP contribution in [0.4, 0.5) is 0 Å². The van der Waals surface area contributed by atoms with E-state index in [4.69, 9.17) is 4.99 Å². The van der Waals surface area contributed by atoms with E-state index < -0.39 is 0 Å². The van der Waals surface area contributed by atoms with Crippen LogP contribution < -0.4 is 5.43 Å². The Morgan fingerprint density at radius 1 is 1.22 bits per heavy atom. The second-order valence-corrected chi connectivity index (χ2v) is 8.41. The molecule has 1 aromatic carbocycles. The number of amidine groups is 1. The lowest BCUT2D eigenvalue weighted by molar-refractivity contribution is 0.194. The van der Waals surface area contributed by atoms with Gasteiger partial charge in [0.25, 0.3) is 0 Å². The van der Waals surface area contributed by atoms with Crippen molar-refractivity contribution in [2.24, 2.45) is 26.8 Å². The van der Waals surface area contributed by atoms with Gasteiger partial charge in [0, 0.05) is 22.1 Å². The Morgan fingerprint density at radius 3 is 2.57 bits per heavy atom. The first-order valence-electron chi connectivity index (χ1n) is 8.35. The maximum atomic E-state index is 4.94. The number of nitrogens with zero attached hydrogens (tertiary/aromatic N) is 2. The topological polar surface area (TPSA) is 36.8 Å². The van der Waals surface area contributed by atoms with Crippen LogP contribution in [0.2, 0.25) is 0 Å². The standard InChI is InChI=1S/C19H23N3S/c1-18(2)14-9-10-19(18,3)16(11-14)20-17-22-21-15(12-23-17)13-7-5-4-6-8-13/h4-8,12,14,21H,9-11H2,1-3H3/t14-,19-/m1/s1. The molecule has 2 bridgehead atoms. The van der Waals surface area contributed by atoms with E-state index in [-0.39, 0.29) is 5.41 Å². The number of fused-ring (bicyclic) bond motifs is 2. The number of benzene rings is 1. The molecule has 0 spiro atoms. The number of nitrogens with one attached hydrogen (secondary N) is 1. The average Bonchev–Trinajstić information content (AvgIpc) is 2.90. The SMILES string of the molecule is CC1(C)[C@@H]2CC[C@]1(C)C(=NC1=NNC(c3ccccc3)=CS1)C2. The van der Waals surface area contributed by atoms with Crippen LogP contribution in [0.25, 0.3) is 5.70 Å². The second kappa shape index (κ2) is 5.23. The minimum atomic E-state index is 0.240. The highest BCUT2D eigenvalue weighted by Gasteiger charge is 2.59. The predicted octanol–water partition coefficient (Wildman–Crippen LogP) is 4.88. The largest absolute Gasteiger partial charge is 0.275 e. The summed E-state index contributed by atoms with van der Waals surface area (Å²) in [7, 11) is 0. The molecule has 0 aromatic heterocycles. The first-order chi connectivity index (χ1) is 11.0. The number of aliphatic imine (C=N–C) groups is 1. The molecule has 3 aliphatic rings. The normalized spacial score (nSPS) is 33.3. The predicted molar refractivity (Wildman–Crippen MR) is 99.2 cm³/mol. The minimum absolute atomic E-state index is 0.240. The van der Waals surface area contributed by atoms with Gasteiger partial charge in [0.15, 0.2) is 0 Å². The highest BCUT2D eigenvalue weighted by Crippen LogP contribution is 2.64. The third-order valence-corrected chi connectivity index (χ3v) is 7.13. The van der Waals surface area contributed by atoms with Crippen molar-refractivity contribution >= 4 is 28.3 Å². The van der Waals surface area contributed by atoms with E-state index in [0.29, 0.717) is 5.41 Å². The van der Waals surface area contributed by atoms with Crippen molar-refractivity contribution in [3.8, 4) is 0 Å². The molecule has 1 aromatic rings. The van der Waals surface area contributed by atoms with Gasteiger partial charge in [0.05, 0.1) is 5.70 Å². The Bertz CT molecular complexity index is 717. The van der Waals surface area contributed by atoms with Crippen molar-refractivity contribution in [1.82, 2.24) is 5.43 Å². The molecule has 2 fully saturated rings. The molecular formula is C19H23N3S. The smallest absolute Gasteiger partial charge is 0.210 e. The number of rotatable bonds is 1. The van der Waals surface area contributed by atoms with Crippen LogP contribution in [0.5, 0.6) is 0 Å².